The van der Waals surface area contributed by atoms with Gasteiger partial charge < -0.3 is 5.32 Å². The van der Waals surface area contributed by atoms with Crippen LogP contribution in [0.25, 0.3) is 0 Å². The van der Waals surface area contributed by atoms with Crippen LogP contribution in [0, 0.1) is 6.92 Å². The lowest BCUT2D eigenvalue weighted by Crippen LogP contribution is -2.41. The first-order valence-corrected chi connectivity index (χ1v) is 8.05. The summed E-state index contributed by atoms with van der Waals surface area (Å²) in [5, 5.41) is 2.80. The molecule has 0 radical (unpaired) electrons. The van der Waals surface area contributed by atoms with Crippen molar-refractivity contribution in [3.05, 3.63) is 29.8 Å². The molecule has 0 aromatic heterocycles. The number of benzene rings is 1. The van der Waals surface area contributed by atoms with E-state index in [0.29, 0.717) is 5.69 Å². The molecule has 1 N–H and O–H groups in total. The van der Waals surface area contributed by atoms with Gasteiger partial charge in [0.05, 0.1) is 11.9 Å². The molecule has 1 aromatic carbocycles. The van der Waals surface area contributed by atoms with Gasteiger partial charge in [-0.3, -0.25) is 9.10 Å². The Morgan fingerprint density at radius 2 is 2.00 bits per heavy atom. The van der Waals surface area contributed by atoms with Gasteiger partial charge in [0.25, 0.3) is 0 Å². The predicted octanol–water partition coefficient (Wildman–Crippen LogP) is 1.04. The minimum atomic E-state index is -3.48. The van der Waals surface area contributed by atoms with Crippen LogP contribution in [0.2, 0.25) is 0 Å². The summed E-state index contributed by atoms with van der Waals surface area (Å²) in [5.41, 5.74) is 1.38. The number of hydrogen-bond acceptors (Lipinski definition) is 3. The van der Waals surface area contributed by atoms with E-state index in [-0.39, 0.29) is 18.5 Å². The van der Waals surface area contributed by atoms with Crippen molar-refractivity contribution in [3.8, 4) is 0 Å². The second kappa shape index (κ2) is 5.21. The molecule has 0 spiro atoms. The smallest absolute Gasteiger partial charge is 0.240 e. The van der Waals surface area contributed by atoms with Crippen LogP contribution in [0.3, 0.4) is 0 Å². The van der Waals surface area contributed by atoms with Crippen LogP contribution >= 0.6 is 0 Å². The average molecular weight is 282 g/mol. The van der Waals surface area contributed by atoms with E-state index in [1.165, 1.54) is 0 Å². The van der Waals surface area contributed by atoms with Crippen molar-refractivity contribution < 1.29 is 13.2 Å². The van der Waals surface area contributed by atoms with E-state index >= 15 is 0 Å². The third-order valence-electron chi connectivity index (χ3n) is 3.01. The minimum absolute atomic E-state index is 0.166. The molecule has 104 valence electrons. The molecular formula is C13H18N2O3S. The molecule has 0 heterocycles. The molecule has 0 unspecified atom stereocenters. The van der Waals surface area contributed by atoms with E-state index in [1.807, 2.05) is 19.1 Å². The Kier molecular flexibility index (Phi) is 3.80. The predicted molar refractivity (Wildman–Crippen MR) is 74.5 cm³/mol. The first kappa shape index (κ1) is 13.9. The average Bonchev–Trinajstić information content (AvgIpc) is 3.09. The van der Waals surface area contributed by atoms with Crippen molar-refractivity contribution in [3.63, 3.8) is 0 Å². The van der Waals surface area contributed by atoms with Gasteiger partial charge in [0.15, 0.2) is 0 Å². The molecule has 6 heteroatoms. The number of carbonyl (C=O) groups is 1. The van der Waals surface area contributed by atoms with E-state index < -0.39 is 10.0 Å². The number of carbonyl (C=O) groups excluding carboxylic acids is 1. The number of amides is 1. The van der Waals surface area contributed by atoms with Crippen LogP contribution in [0.1, 0.15) is 18.4 Å². The lowest BCUT2D eigenvalue weighted by molar-refractivity contribution is -0.119. The molecule has 5 nitrogen and oxygen atoms in total. The number of aryl methyl sites for hydroxylation is 1. The summed E-state index contributed by atoms with van der Waals surface area (Å²) >= 11 is 0. The molecule has 1 amide bonds. The Hall–Kier alpha value is -1.56. The van der Waals surface area contributed by atoms with Crippen molar-refractivity contribution in [2.24, 2.45) is 0 Å². The molecule has 0 bridgehead atoms. The third kappa shape index (κ3) is 3.70. The lowest BCUT2D eigenvalue weighted by atomic mass is 10.2. The van der Waals surface area contributed by atoms with Crippen LogP contribution in [0.4, 0.5) is 5.69 Å². The lowest BCUT2D eigenvalue weighted by Gasteiger charge is -2.23. The van der Waals surface area contributed by atoms with E-state index in [4.69, 9.17) is 0 Å². The fourth-order valence-electron chi connectivity index (χ4n) is 1.86. The zero-order valence-electron chi connectivity index (χ0n) is 11.1. The molecule has 1 saturated carbocycles. The Morgan fingerprint density at radius 3 is 2.53 bits per heavy atom. The van der Waals surface area contributed by atoms with Crippen LogP contribution in [0.5, 0.6) is 0 Å². The number of anilines is 1. The van der Waals surface area contributed by atoms with Crippen molar-refractivity contribution in [2.75, 3.05) is 17.1 Å². The van der Waals surface area contributed by atoms with E-state index in [2.05, 4.69) is 5.32 Å². The standard InChI is InChI=1S/C13H18N2O3S/c1-10-5-3-4-6-12(10)15(19(2,17)18)9-13(16)14-11-7-8-11/h3-6,11H,7-9H2,1-2H3,(H,14,16). The summed E-state index contributed by atoms with van der Waals surface area (Å²) in [6.45, 7) is 1.66. The molecule has 2 rings (SSSR count). The van der Waals surface area contributed by atoms with Crippen LogP contribution in [-0.4, -0.2) is 33.2 Å². The fraction of sp³-hybridized carbons (Fsp3) is 0.462. The summed E-state index contributed by atoms with van der Waals surface area (Å²) in [6, 6.07) is 7.36. The van der Waals surface area contributed by atoms with E-state index in [0.717, 1.165) is 29.0 Å². The Bertz CT molecular complexity index is 579. The summed E-state index contributed by atoms with van der Waals surface area (Å²) < 4.78 is 24.9. The van der Waals surface area contributed by atoms with Crippen molar-refractivity contribution in [1.29, 1.82) is 0 Å². The minimum Gasteiger partial charge on any atom is -0.352 e. The molecule has 1 fully saturated rings. The maximum Gasteiger partial charge on any atom is 0.240 e. The molecule has 1 aliphatic rings. The van der Waals surface area contributed by atoms with Gasteiger partial charge in [0.1, 0.15) is 6.54 Å². The summed E-state index contributed by atoms with van der Waals surface area (Å²) in [5.74, 6) is -0.254. The number of nitrogens with one attached hydrogen (secondary N) is 1. The zero-order valence-corrected chi connectivity index (χ0v) is 11.9. The maximum absolute atomic E-state index is 11.9. The highest BCUT2D eigenvalue weighted by Crippen LogP contribution is 2.22. The van der Waals surface area contributed by atoms with Crippen LogP contribution < -0.4 is 9.62 Å². The Balaban J connectivity index is 2.21. The number of rotatable bonds is 5. The third-order valence-corrected chi connectivity index (χ3v) is 4.14. The first-order valence-electron chi connectivity index (χ1n) is 6.20. The second-order valence-electron chi connectivity index (χ2n) is 4.90. The normalized spacial score (nSPS) is 15.1. The van der Waals surface area contributed by atoms with Gasteiger partial charge in [-0.05, 0) is 31.4 Å². The van der Waals surface area contributed by atoms with Crippen LogP contribution in [0.15, 0.2) is 24.3 Å². The summed E-state index contributed by atoms with van der Waals surface area (Å²) in [6.07, 6.45) is 3.08. The molecule has 19 heavy (non-hydrogen) atoms. The molecule has 0 saturated heterocycles. The summed E-state index contributed by atoms with van der Waals surface area (Å²) in [4.78, 5) is 11.8. The Morgan fingerprint density at radius 1 is 1.37 bits per heavy atom. The monoisotopic (exact) mass is 282 g/mol. The highest BCUT2D eigenvalue weighted by atomic mass is 32.2. The zero-order chi connectivity index (χ0) is 14.0. The number of hydrogen-bond donors (Lipinski definition) is 1. The van der Waals surface area contributed by atoms with Crippen molar-refractivity contribution in [1.82, 2.24) is 5.32 Å². The van der Waals surface area contributed by atoms with Crippen LogP contribution in [-0.2, 0) is 14.8 Å². The molecule has 1 aromatic rings. The molecule has 1 aliphatic carbocycles. The maximum atomic E-state index is 11.9. The van der Waals surface area contributed by atoms with Gasteiger partial charge in [0, 0.05) is 6.04 Å². The quantitative estimate of drug-likeness (QED) is 0.877. The number of sulfonamides is 1. The van der Waals surface area contributed by atoms with E-state index in [9.17, 15) is 13.2 Å². The van der Waals surface area contributed by atoms with Crippen molar-refractivity contribution >= 4 is 21.6 Å². The van der Waals surface area contributed by atoms with Gasteiger partial charge in [-0.2, -0.15) is 0 Å². The van der Waals surface area contributed by atoms with Gasteiger partial charge in [0.2, 0.25) is 15.9 Å². The largest absolute Gasteiger partial charge is 0.352 e. The second-order valence-corrected chi connectivity index (χ2v) is 6.80. The van der Waals surface area contributed by atoms with Gasteiger partial charge >= 0.3 is 0 Å². The van der Waals surface area contributed by atoms with Gasteiger partial charge in [-0.1, -0.05) is 18.2 Å². The number of para-hydroxylation sites is 1. The first-order chi connectivity index (χ1) is 8.88. The van der Waals surface area contributed by atoms with Gasteiger partial charge in [-0.25, -0.2) is 8.42 Å². The molecule has 0 aliphatic heterocycles. The molecular weight excluding hydrogens is 264 g/mol. The summed E-state index contributed by atoms with van der Waals surface area (Å²) in [7, 11) is -3.48. The van der Waals surface area contributed by atoms with E-state index in [1.54, 1.807) is 12.1 Å². The van der Waals surface area contributed by atoms with Gasteiger partial charge in [-0.15, -0.1) is 0 Å². The molecule has 0 atom stereocenters. The SMILES string of the molecule is Cc1ccccc1N(CC(=O)NC1CC1)S(C)(=O)=O. The van der Waals surface area contributed by atoms with Crippen molar-refractivity contribution in [2.45, 2.75) is 25.8 Å². The topological polar surface area (TPSA) is 66.5 Å². The fourth-order valence-corrected chi connectivity index (χ4v) is 2.77. The number of nitrogens with zero attached hydrogens (tertiary/aromatic N) is 1. The highest BCUT2D eigenvalue weighted by molar-refractivity contribution is 7.92. The highest BCUT2D eigenvalue weighted by Gasteiger charge is 2.27. The Labute approximate surface area is 113 Å².